The molecule has 2 amide bonds. The number of piperazine rings is 1. The van der Waals surface area contributed by atoms with E-state index in [0.717, 1.165) is 25.7 Å². The summed E-state index contributed by atoms with van der Waals surface area (Å²) in [6.07, 6.45) is 5.82. The van der Waals surface area contributed by atoms with Crippen LogP contribution < -0.4 is 10.6 Å². The van der Waals surface area contributed by atoms with Crippen molar-refractivity contribution in [3.8, 4) is 0 Å². The highest BCUT2D eigenvalue weighted by molar-refractivity contribution is 5.97. The normalized spacial score (nSPS) is 34.6. The van der Waals surface area contributed by atoms with Crippen LogP contribution in [-0.4, -0.2) is 29.8 Å². The van der Waals surface area contributed by atoms with E-state index in [2.05, 4.69) is 10.6 Å². The molecule has 0 aromatic heterocycles. The third-order valence-electron chi connectivity index (χ3n) is 5.12. The number of halogens is 2. The lowest BCUT2D eigenvalue weighted by molar-refractivity contribution is -0.151. The van der Waals surface area contributed by atoms with Crippen molar-refractivity contribution in [2.45, 2.75) is 69.4 Å². The second-order valence-electron chi connectivity index (χ2n) is 6.75. The molecule has 3 rings (SSSR count). The van der Waals surface area contributed by atoms with Crippen LogP contribution in [0.4, 0.5) is 8.78 Å². The van der Waals surface area contributed by atoms with Crippen molar-refractivity contribution in [1.82, 2.24) is 10.6 Å². The molecule has 2 unspecified atom stereocenters. The quantitative estimate of drug-likeness (QED) is 0.766. The Bertz CT molecular complexity index is 425. The fraction of sp³-hybridized carbons (Fsp3) is 0.867. The van der Waals surface area contributed by atoms with Gasteiger partial charge in [-0.15, -0.1) is 0 Å². The molecule has 6 heteroatoms. The minimum atomic E-state index is -2.67. The Morgan fingerprint density at radius 3 is 1.76 bits per heavy atom. The molecule has 0 aromatic carbocycles. The molecule has 1 aliphatic heterocycles. The molecule has 3 aliphatic rings. The summed E-state index contributed by atoms with van der Waals surface area (Å²) >= 11 is 0. The van der Waals surface area contributed by atoms with Crippen LogP contribution in [0.15, 0.2) is 0 Å². The van der Waals surface area contributed by atoms with E-state index in [4.69, 9.17) is 0 Å². The molecule has 21 heavy (non-hydrogen) atoms. The molecule has 1 saturated heterocycles. The van der Waals surface area contributed by atoms with E-state index in [1.807, 2.05) is 0 Å². The summed E-state index contributed by atoms with van der Waals surface area (Å²) in [5.74, 6) is -3.40. The molecular formula is C15H22F2N2O2. The molecule has 0 bridgehead atoms. The van der Waals surface area contributed by atoms with E-state index < -0.39 is 23.9 Å². The molecule has 118 valence electrons. The molecule has 0 aromatic rings. The van der Waals surface area contributed by atoms with Crippen LogP contribution in [0.3, 0.4) is 0 Å². The van der Waals surface area contributed by atoms with Gasteiger partial charge in [0, 0.05) is 12.8 Å². The van der Waals surface area contributed by atoms with E-state index in [-0.39, 0.29) is 30.6 Å². The van der Waals surface area contributed by atoms with Crippen LogP contribution >= 0.6 is 0 Å². The highest BCUT2D eigenvalue weighted by atomic mass is 19.3. The Kier molecular flexibility index (Phi) is 3.88. The van der Waals surface area contributed by atoms with Crippen molar-refractivity contribution in [2.75, 3.05) is 0 Å². The van der Waals surface area contributed by atoms with Gasteiger partial charge in [0.25, 0.3) is 0 Å². The minimum Gasteiger partial charge on any atom is -0.342 e. The highest BCUT2D eigenvalue weighted by Gasteiger charge is 2.52. The largest absolute Gasteiger partial charge is 0.342 e. The molecule has 0 radical (unpaired) electrons. The number of hydrogen-bond acceptors (Lipinski definition) is 2. The van der Waals surface area contributed by atoms with E-state index in [1.54, 1.807) is 0 Å². The number of nitrogens with one attached hydrogen (secondary N) is 2. The maximum atomic E-state index is 12.9. The SMILES string of the molecule is O=C1NC(C2CC(F)(F)C2)C(=O)NC1C1CCCCCC1. The fourth-order valence-corrected chi connectivity index (χ4v) is 3.87. The standard InChI is InChI=1S/C15H22F2N2O2/c16-15(17)7-10(8-15)12-14(21)18-11(13(20)19-12)9-5-3-1-2-4-6-9/h9-12H,1-8H2,(H,18,21)(H,19,20). The zero-order valence-corrected chi connectivity index (χ0v) is 12.0. The number of carbonyl (C=O) groups is 2. The highest BCUT2D eigenvalue weighted by Crippen LogP contribution is 2.44. The van der Waals surface area contributed by atoms with Gasteiger partial charge in [-0.25, -0.2) is 8.78 Å². The minimum absolute atomic E-state index is 0.181. The lowest BCUT2D eigenvalue weighted by Gasteiger charge is -2.43. The van der Waals surface area contributed by atoms with Crippen LogP contribution in [-0.2, 0) is 9.59 Å². The van der Waals surface area contributed by atoms with Crippen molar-refractivity contribution in [3.05, 3.63) is 0 Å². The third kappa shape index (κ3) is 3.04. The predicted octanol–water partition coefficient (Wildman–Crippen LogP) is 1.99. The first kappa shape index (κ1) is 14.7. The van der Waals surface area contributed by atoms with Crippen LogP contribution in [0.1, 0.15) is 51.4 Å². The van der Waals surface area contributed by atoms with Gasteiger partial charge in [0.05, 0.1) is 0 Å². The van der Waals surface area contributed by atoms with Gasteiger partial charge in [-0.3, -0.25) is 9.59 Å². The lowest BCUT2D eigenvalue weighted by Crippen LogP contribution is -2.67. The Labute approximate surface area is 123 Å². The van der Waals surface area contributed by atoms with E-state index >= 15 is 0 Å². The molecule has 2 N–H and O–H groups in total. The maximum absolute atomic E-state index is 12.9. The van der Waals surface area contributed by atoms with Gasteiger partial charge in [-0.1, -0.05) is 25.7 Å². The second kappa shape index (κ2) is 5.54. The summed E-state index contributed by atoms with van der Waals surface area (Å²) in [5.41, 5.74) is 0. The lowest BCUT2D eigenvalue weighted by atomic mass is 9.75. The first-order chi connectivity index (χ1) is 9.96. The number of hydrogen-bond donors (Lipinski definition) is 2. The smallest absolute Gasteiger partial charge is 0.248 e. The Morgan fingerprint density at radius 1 is 0.810 bits per heavy atom. The topological polar surface area (TPSA) is 58.2 Å². The monoisotopic (exact) mass is 300 g/mol. The molecule has 4 nitrogen and oxygen atoms in total. The molecule has 2 aliphatic carbocycles. The molecule has 2 atom stereocenters. The van der Waals surface area contributed by atoms with Crippen molar-refractivity contribution in [3.63, 3.8) is 0 Å². The van der Waals surface area contributed by atoms with Gasteiger partial charge in [-0.2, -0.15) is 0 Å². The average Bonchev–Trinajstić information content (AvgIpc) is 2.67. The Hall–Kier alpha value is -1.20. The maximum Gasteiger partial charge on any atom is 0.248 e. The predicted molar refractivity (Wildman–Crippen MR) is 72.7 cm³/mol. The molecule has 0 spiro atoms. The summed E-state index contributed by atoms with van der Waals surface area (Å²) in [6, 6.07) is -1.26. The van der Waals surface area contributed by atoms with Crippen molar-refractivity contribution >= 4 is 11.8 Å². The van der Waals surface area contributed by atoms with Gasteiger partial charge in [0.2, 0.25) is 17.7 Å². The van der Waals surface area contributed by atoms with Gasteiger partial charge in [-0.05, 0) is 24.7 Å². The summed E-state index contributed by atoms with van der Waals surface area (Å²) in [5, 5.41) is 5.48. The number of alkyl halides is 2. The van der Waals surface area contributed by atoms with Crippen LogP contribution in [0.5, 0.6) is 0 Å². The van der Waals surface area contributed by atoms with Crippen molar-refractivity contribution < 1.29 is 18.4 Å². The van der Waals surface area contributed by atoms with Crippen LogP contribution in [0.2, 0.25) is 0 Å². The van der Waals surface area contributed by atoms with Crippen LogP contribution in [0, 0.1) is 11.8 Å². The average molecular weight is 300 g/mol. The number of rotatable bonds is 2. The van der Waals surface area contributed by atoms with Gasteiger partial charge < -0.3 is 10.6 Å². The summed E-state index contributed by atoms with van der Waals surface area (Å²) in [7, 11) is 0. The van der Waals surface area contributed by atoms with Crippen LogP contribution in [0.25, 0.3) is 0 Å². The summed E-state index contributed by atoms with van der Waals surface area (Å²) < 4.78 is 25.9. The molecule has 3 fully saturated rings. The third-order valence-corrected chi connectivity index (χ3v) is 5.12. The Balaban J connectivity index is 1.61. The first-order valence-electron chi connectivity index (χ1n) is 7.95. The second-order valence-corrected chi connectivity index (χ2v) is 6.75. The van der Waals surface area contributed by atoms with Crippen molar-refractivity contribution in [1.29, 1.82) is 0 Å². The van der Waals surface area contributed by atoms with Gasteiger partial charge in [0.1, 0.15) is 12.1 Å². The summed E-state index contributed by atoms with van der Waals surface area (Å²) in [4.78, 5) is 24.4. The zero-order valence-electron chi connectivity index (χ0n) is 12.0. The van der Waals surface area contributed by atoms with E-state index in [0.29, 0.717) is 0 Å². The number of carbonyl (C=O) groups excluding carboxylic acids is 2. The van der Waals surface area contributed by atoms with Gasteiger partial charge >= 0.3 is 0 Å². The van der Waals surface area contributed by atoms with Gasteiger partial charge in [0.15, 0.2) is 0 Å². The molecular weight excluding hydrogens is 278 g/mol. The molecule has 1 heterocycles. The first-order valence-corrected chi connectivity index (χ1v) is 7.95. The van der Waals surface area contributed by atoms with Crippen molar-refractivity contribution in [2.24, 2.45) is 11.8 Å². The number of amides is 2. The fourth-order valence-electron chi connectivity index (χ4n) is 3.87. The molecule has 2 saturated carbocycles. The zero-order chi connectivity index (χ0) is 15.0. The van der Waals surface area contributed by atoms with E-state index in [1.165, 1.54) is 12.8 Å². The summed E-state index contributed by atoms with van der Waals surface area (Å²) in [6.45, 7) is 0. The van der Waals surface area contributed by atoms with E-state index in [9.17, 15) is 18.4 Å². The Morgan fingerprint density at radius 2 is 1.29 bits per heavy atom.